The van der Waals surface area contributed by atoms with Gasteiger partial charge in [0.15, 0.2) is 0 Å². The molecule has 1 aliphatic rings. The highest BCUT2D eigenvalue weighted by atomic mass is 16.5. The van der Waals surface area contributed by atoms with Crippen LogP contribution in [0.2, 0.25) is 0 Å². The number of carbonyl (C=O) groups excluding carboxylic acids is 2. The molecule has 1 aliphatic carbocycles. The van der Waals surface area contributed by atoms with Gasteiger partial charge in [-0.15, -0.1) is 0 Å². The predicted octanol–water partition coefficient (Wildman–Crippen LogP) is 3.05. The molecule has 0 spiro atoms. The lowest BCUT2D eigenvalue weighted by Gasteiger charge is -2.31. The zero-order valence-electron chi connectivity index (χ0n) is 15.3. The van der Waals surface area contributed by atoms with Crippen molar-refractivity contribution in [3.05, 3.63) is 29.8 Å². The molecule has 1 aromatic rings. The number of carbonyl (C=O) groups is 2. The number of benzene rings is 1. The Kier molecular flexibility index (Phi) is 6.85. The third-order valence-electron chi connectivity index (χ3n) is 5.26. The monoisotopic (exact) mass is 347 g/mol. The van der Waals surface area contributed by atoms with Crippen LogP contribution < -0.4 is 5.32 Å². The minimum absolute atomic E-state index is 0.0260. The Bertz CT molecular complexity index is 574. The van der Waals surface area contributed by atoms with Gasteiger partial charge < -0.3 is 15.2 Å². The first-order chi connectivity index (χ1) is 11.9. The van der Waals surface area contributed by atoms with E-state index in [9.17, 15) is 14.7 Å². The average Bonchev–Trinajstić information content (AvgIpc) is 2.62. The first kappa shape index (κ1) is 19.3. The topological polar surface area (TPSA) is 75.6 Å². The number of hydrogen-bond donors (Lipinski definition) is 2. The molecule has 0 unspecified atom stereocenters. The molecular formula is C20H29NO4. The zero-order valence-corrected chi connectivity index (χ0v) is 15.3. The van der Waals surface area contributed by atoms with Crippen LogP contribution in [0.4, 0.5) is 0 Å². The third-order valence-corrected chi connectivity index (χ3v) is 5.26. The number of nitrogens with one attached hydrogen (secondary N) is 1. The summed E-state index contributed by atoms with van der Waals surface area (Å²) in [4.78, 5) is 24.6. The summed E-state index contributed by atoms with van der Waals surface area (Å²) in [7, 11) is 1.33. The molecule has 1 atom stereocenters. The molecule has 25 heavy (non-hydrogen) atoms. The molecule has 0 bridgehead atoms. The van der Waals surface area contributed by atoms with E-state index in [-0.39, 0.29) is 17.6 Å². The van der Waals surface area contributed by atoms with Crippen molar-refractivity contribution in [3.8, 4) is 5.75 Å². The maximum Gasteiger partial charge on any atom is 0.328 e. The molecule has 1 amide bonds. The van der Waals surface area contributed by atoms with Crippen LogP contribution in [0.3, 0.4) is 0 Å². The molecule has 1 saturated carbocycles. The smallest absolute Gasteiger partial charge is 0.328 e. The predicted molar refractivity (Wildman–Crippen MR) is 96.0 cm³/mol. The number of esters is 1. The third kappa shape index (κ3) is 5.48. The van der Waals surface area contributed by atoms with Crippen LogP contribution in [0, 0.1) is 17.8 Å². The number of amides is 1. The van der Waals surface area contributed by atoms with Gasteiger partial charge in [0.25, 0.3) is 0 Å². The Hall–Kier alpha value is -2.04. The van der Waals surface area contributed by atoms with Crippen molar-refractivity contribution in [2.24, 2.45) is 17.8 Å². The van der Waals surface area contributed by atoms with Gasteiger partial charge in [0, 0.05) is 12.3 Å². The number of aromatic hydroxyl groups is 1. The second-order valence-electron chi connectivity index (χ2n) is 7.31. The number of ether oxygens (including phenoxy) is 1. The highest BCUT2D eigenvalue weighted by Gasteiger charge is 2.30. The van der Waals surface area contributed by atoms with Gasteiger partial charge in [-0.2, -0.15) is 0 Å². The molecule has 2 N–H and O–H groups in total. The van der Waals surface area contributed by atoms with Crippen molar-refractivity contribution < 1.29 is 19.4 Å². The van der Waals surface area contributed by atoms with Gasteiger partial charge in [0.1, 0.15) is 11.8 Å². The fraction of sp³-hybridized carbons (Fsp3) is 0.600. The molecule has 1 fully saturated rings. The van der Waals surface area contributed by atoms with E-state index in [1.807, 2.05) is 0 Å². The second kappa shape index (κ2) is 8.88. The summed E-state index contributed by atoms with van der Waals surface area (Å²) >= 11 is 0. The van der Waals surface area contributed by atoms with Crippen LogP contribution in [0.15, 0.2) is 24.3 Å². The van der Waals surface area contributed by atoms with E-state index in [1.54, 1.807) is 24.3 Å². The van der Waals surface area contributed by atoms with Gasteiger partial charge >= 0.3 is 5.97 Å². The lowest BCUT2D eigenvalue weighted by atomic mass is 9.76. The standard InChI is InChI=1S/C20H29NO4/c1-13(2)15-6-8-16(9-7-15)19(23)21-18(20(24)25-3)12-14-4-10-17(22)11-5-14/h4-5,10-11,13,15-16,18,22H,6-9,12H2,1-3H3,(H,21,23)/t15-,16-,18-/m0/s1. The molecule has 5 heteroatoms. The van der Waals surface area contributed by atoms with Crippen LogP contribution >= 0.6 is 0 Å². The largest absolute Gasteiger partial charge is 0.508 e. The fourth-order valence-corrected chi connectivity index (χ4v) is 3.54. The summed E-state index contributed by atoms with van der Waals surface area (Å²) in [5, 5.41) is 12.2. The molecule has 0 radical (unpaired) electrons. The number of phenolic OH excluding ortho intramolecular Hbond substituents is 1. The highest BCUT2D eigenvalue weighted by molar-refractivity contribution is 5.86. The number of rotatable bonds is 6. The molecule has 0 aromatic heterocycles. The molecule has 1 aromatic carbocycles. The van der Waals surface area contributed by atoms with E-state index in [2.05, 4.69) is 19.2 Å². The zero-order chi connectivity index (χ0) is 18.4. The Balaban J connectivity index is 1.96. The van der Waals surface area contributed by atoms with Crippen LogP contribution in [-0.2, 0) is 20.7 Å². The van der Waals surface area contributed by atoms with Gasteiger partial charge in [0.2, 0.25) is 5.91 Å². The molecular weight excluding hydrogens is 318 g/mol. The number of hydrogen-bond acceptors (Lipinski definition) is 4. The quantitative estimate of drug-likeness (QED) is 0.776. The van der Waals surface area contributed by atoms with Gasteiger partial charge in [0.05, 0.1) is 7.11 Å². The Morgan fingerprint density at radius 2 is 1.76 bits per heavy atom. The van der Waals surface area contributed by atoms with E-state index in [0.29, 0.717) is 18.3 Å². The van der Waals surface area contributed by atoms with Crippen molar-refractivity contribution in [3.63, 3.8) is 0 Å². The summed E-state index contributed by atoms with van der Waals surface area (Å²) < 4.78 is 4.84. The van der Waals surface area contributed by atoms with Crippen LogP contribution in [0.5, 0.6) is 5.75 Å². The van der Waals surface area contributed by atoms with Gasteiger partial charge in [-0.1, -0.05) is 26.0 Å². The maximum absolute atomic E-state index is 12.6. The van der Waals surface area contributed by atoms with Crippen LogP contribution in [0.25, 0.3) is 0 Å². The summed E-state index contributed by atoms with van der Waals surface area (Å²) in [6.07, 6.45) is 4.23. The van der Waals surface area contributed by atoms with Crippen LogP contribution in [-0.4, -0.2) is 30.1 Å². The summed E-state index contributed by atoms with van der Waals surface area (Å²) in [5.41, 5.74) is 0.858. The van der Waals surface area contributed by atoms with Gasteiger partial charge in [-0.3, -0.25) is 4.79 Å². The lowest BCUT2D eigenvalue weighted by Crippen LogP contribution is -2.46. The normalized spacial score (nSPS) is 21.6. The van der Waals surface area contributed by atoms with Crippen molar-refractivity contribution in [2.45, 2.75) is 52.0 Å². The molecule has 0 heterocycles. The molecule has 138 valence electrons. The van der Waals surface area contributed by atoms with Crippen molar-refractivity contribution in [2.75, 3.05) is 7.11 Å². The SMILES string of the molecule is COC(=O)[C@H](Cc1ccc(O)cc1)NC(=O)[C@H]1CC[C@H](C(C)C)CC1. The van der Waals surface area contributed by atoms with Crippen molar-refractivity contribution >= 4 is 11.9 Å². The molecule has 0 aliphatic heterocycles. The molecule has 0 saturated heterocycles. The fourth-order valence-electron chi connectivity index (χ4n) is 3.54. The maximum atomic E-state index is 12.6. The Labute approximate surface area is 149 Å². The first-order valence-corrected chi connectivity index (χ1v) is 9.06. The van der Waals surface area contributed by atoms with E-state index < -0.39 is 12.0 Å². The minimum atomic E-state index is -0.704. The average molecular weight is 347 g/mol. The van der Waals surface area contributed by atoms with Gasteiger partial charge in [-0.05, 0) is 55.2 Å². The second-order valence-corrected chi connectivity index (χ2v) is 7.31. The van der Waals surface area contributed by atoms with E-state index in [0.717, 1.165) is 31.2 Å². The lowest BCUT2D eigenvalue weighted by molar-refractivity contribution is -0.145. The summed E-state index contributed by atoms with van der Waals surface area (Å²) in [6, 6.07) is 5.92. The number of phenols is 1. The Morgan fingerprint density at radius 3 is 2.28 bits per heavy atom. The van der Waals surface area contributed by atoms with E-state index in [4.69, 9.17) is 4.74 Å². The van der Waals surface area contributed by atoms with Crippen molar-refractivity contribution in [1.29, 1.82) is 0 Å². The van der Waals surface area contributed by atoms with Gasteiger partial charge in [-0.25, -0.2) is 4.79 Å². The Morgan fingerprint density at radius 1 is 1.16 bits per heavy atom. The number of methoxy groups -OCH3 is 1. The highest BCUT2D eigenvalue weighted by Crippen LogP contribution is 2.33. The summed E-state index contributed by atoms with van der Waals surface area (Å²) in [5.74, 6) is 0.985. The summed E-state index contributed by atoms with van der Waals surface area (Å²) in [6.45, 7) is 4.46. The van der Waals surface area contributed by atoms with E-state index >= 15 is 0 Å². The van der Waals surface area contributed by atoms with E-state index in [1.165, 1.54) is 7.11 Å². The first-order valence-electron chi connectivity index (χ1n) is 9.06. The van der Waals surface area contributed by atoms with Crippen molar-refractivity contribution in [1.82, 2.24) is 5.32 Å². The molecule has 5 nitrogen and oxygen atoms in total. The minimum Gasteiger partial charge on any atom is -0.508 e. The van der Waals surface area contributed by atoms with Crippen LogP contribution in [0.1, 0.15) is 45.1 Å². The molecule has 2 rings (SSSR count).